The van der Waals surface area contributed by atoms with Crippen molar-refractivity contribution in [3.8, 4) is 5.75 Å². The number of rotatable bonds is 8. The minimum absolute atomic E-state index is 0.102. The molecule has 0 aliphatic carbocycles. The molecule has 1 aromatic carbocycles. The zero-order valence-corrected chi connectivity index (χ0v) is 14.4. The minimum atomic E-state index is -0.479. The normalized spacial score (nSPS) is 19.9. The average molecular weight is 344 g/mol. The summed E-state index contributed by atoms with van der Waals surface area (Å²) in [6.45, 7) is 2.35. The Kier molecular flexibility index (Phi) is 5.67. The highest BCUT2D eigenvalue weighted by Gasteiger charge is 2.30. The van der Waals surface area contributed by atoms with Crippen molar-refractivity contribution in [3.05, 3.63) is 47.8 Å². The topological polar surface area (TPSA) is 91.4 Å². The first-order chi connectivity index (χ1) is 12.1. The number of carbonyl (C=O) groups excluding carboxylic acids is 1. The van der Waals surface area contributed by atoms with Gasteiger partial charge in [-0.15, -0.1) is 0 Å². The molecular weight excluding hydrogens is 320 g/mol. The molecule has 1 saturated heterocycles. The van der Waals surface area contributed by atoms with Crippen LogP contribution >= 0.6 is 0 Å². The van der Waals surface area contributed by atoms with Crippen molar-refractivity contribution in [2.45, 2.75) is 19.1 Å². The Bertz CT molecular complexity index is 699. The van der Waals surface area contributed by atoms with Crippen LogP contribution in [0.5, 0.6) is 5.75 Å². The van der Waals surface area contributed by atoms with Crippen molar-refractivity contribution in [3.63, 3.8) is 0 Å². The fourth-order valence-corrected chi connectivity index (χ4v) is 3.06. The van der Waals surface area contributed by atoms with Crippen LogP contribution in [-0.2, 0) is 23.1 Å². The largest absolute Gasteiger partial charge is 0.484 e. The number of hydrogen-bond acceptors (Lipinski definition) is 5. The number of nitrogens with one attached hydrogen (secondary N) is 1. The summed E-state index contributed by atoms with van der Waals surface area (Å²) in [5, 5.41) is 7.73. The molecule has 134 valence electrons. The van der Waals surface area contributed by atoms with E-state index in [-0.39, 0.29) is 12.7 Å². The lowest BCUT2D eigenvalue weighted by molar-refractivity contribution is -0.119. The minimum Gasteiger partial charge on any atom is -0.484 e. The van der Waals surface area contributed by atoms with Gasteiger partial charge in [0.2, 0.25) is 0 Å². The van der Waals surface area contributed by atoms with Gasteiger partial charge in [0.25, 0.3) is 5.91 Å². The van der Waals surface area contributed by atoms with Gasteiger partial charge >= 0.3 is 0 Å². The molecule has 7 heteroatoms. The highest BCUT2D eigenvalue weighted by Crippen LogP contribution is 2.33. The summed E-state index contributed by atoms with van der Waals surface area (Å²) >= 11 is 0. The Hall–Kier alpha value is -2.38. The molecule has 0 radical (unpaired) electrons. The van der Waals surface area contributed by atoms with E-state index < -0.39 is 5.91 Å². The first kappa shape index (κ1) is 17.4. The van der Waals surface area contributed by atoms with Gasteiger partial charge in [0.15, 0.2) is 6.61 Å². The van der Waals surface area contributed by atoms with Gasteiger partial charge in [-0.2, -0.15) is 5.10 Å². The molecule has 2 atom stereocenters. The van der Waals surface area contributed by atoms with Crippen LogP contribution < -0.4 is 15.8 Å². The summed E-state index contributed by atoms with van der Waals surface area (Å²) in [5.74, 6) is 0.610. The smallest absolute Gasteiger partial charge is 0.255 e. The predicted octanol–water partition coefficient (Wildman–Crippen LogP) is 1.15. The van der Waals surface area contributed by atoms with Gasteiger partial charge in [-0.25, -0.2) is 0 Å². The van der Waals surface area contributed by atoms with Crippen LogP contribution in [0.4, 0.5) is 0 Å². The van der Waals surface area contributed by atoms with Crippen molar-refractivity contribution in [1.82, 2.24) is 15.1 Å². The second-order valence-corrected chi connectivity index (χ2v) is 6.32. The maximum atomic E-state index is 10.7. The lowest BCUT2D eigenvalue weighted by Gasteiger charge is -2.18. The van der Waals surface area contributed by atoms with E-state index >= 15 is 0 Å². The van der Waals surface area contributed by atoms with Gasteiger partial charge in [-0.05, 0) is 24.1 Å². The third kappa shape index (κ3) is 4.80. The first-order valence-corrected chi connectivity index (χ1v) is 8.43. The molecule has 0 saturated carbocycles. The van der Waals surface area contributed by atoms with E-state index in [1.54, 1.807) is 0 Å². The van der Waals surface area contributed by atoms with E-state index in [2.05, 4.69) is 10.4 Å². The number of benzene rings is 1. The molecule has 1 amide bonds. The highest BCUT2D eigenvalue weighted by molar-refractivity contribution is 5.75. The molecular formula is C18H24N4O3. The van der Waals surface area contributed by atoms with Crippen LogP contribution in [0.3, 0.4) is 0 Å². The van der Waals surface area contributed by atoms with Crippen LogP contribution in [0.1, 0.15) is 23.7 Å². The molecule has 1 aliphatic rings. The summed E-state index contributed by atoms with van der Waals surface area (Å²) in [5.41, 5.74) is 7.36. The van der Waals surface area contributed by atoms with Crippen molar-refractivity contribution in [2.75, 3.05) is 19.8 Å². The van der Waals surface area contributed by atoms with Crippen LogP contribution in [0.25, 0.3) is 0 Å². The van der Waals surface area contributed by atoms with E-state index in [9.17, 15) is 4.79 Å². The van der Waals surface area contributed by atoms with Crippen LogP contribution in [-0.4, -0.2) is 35.4 Å². The summed E-state index contributed by atoms with van der Waals surface area (Å²) in [6, 6.07) is 7.65. The zero-order valence-electron chi connectivity index (χ0n) is 14.4. The van der Waals surface area contributed by atoms with Crippen molar-refractivity contribution >= 4 is 5.91 Å². The SMILES string of the molecule is Cn1cc([C@H]2OCC[C@H]2CNCc2ccc(OCC(N)=O)cc2)cn1. The molecule has 1 aromatic heterocycles. The summed E-state index contributed by atoms with van der Waals surface area (Å²) in [6.07, 6.45) is 5.07. The molecule has 0 spiro atoms. The maximum Gasteiger partial charge on any atom is 0.255 e. The van der Waals surface area contributed by atoms with Gasteiger partial charge in [0.1, 0.15) is 5.75 Å². The molecule has 1 aliphatic heterocycles. The van der Waals surface area contributed by atoms with Crippen molar-refractivity contribution in [2.24, 2.45) is 18.7 Å². The standard InChI is InChI=1S/C18H24N4O3/c1-22-11-15(10-21-22)18-14(6-7-24-18)9-20-8-13-2-4-16(5-3-13)25-12-17(19)23/h2-5,10-11,14,18,20H,6-9,12H2,1H3,(H2,19,23)/t14-,18-/m0/s1. The number of nitrogens with zero attached hydrogens (tertiary/aromatic N) is 2. The third-order valence-corrected chi connectivity index (χ3v) is 4.31. The molecule has 25 heavy (non-hydrogen) atoms. The van der Waals surface area contributed by atoms with E-state index in [4.69, 9.17) is 15.2 Å². The van der Waals surface area contributed by atoms with E-state index in [1.807, 2.05) is 48.4 Å². The lowest BCUT2D eigenvalue weighted by Crippen LogP contribution is -2.24. The summed E-state index contributed by atoms with van der Waals surface area (Å²) in [7, 11) is 1.92. The van der Waals surface area contributed by atoms with Crippen molar-refractivity contribution < 1.29 is 14.3 Å². The van der Waals surface area contributed by atoms with Crippen LogP contribution in [0, 0.1) is 5.92 Å². The molecule has 2 aromatic rings. The van der Waals surface area contributed by atoms with Gasteiger partial charge in [-0.3, -0.25) is 9.48 Å². The van der Waals surface area contributed by atoms with Gasteiger partial charge < -0.3 is 20.5 Å². The molecule has 3 rings (SSSR count). The quantitative estimate of drug-likeness (QED) is 0.750. The van der Waals surface area contributed by atoms with Crippen LogP contribution in [0.2, 0.25) is 0 Å². The van der Waals surface area contributed by atoms with Crippen LogP contribution in [0.15, 0.2) is 36.7 Å². The fraction of sp³-hybridized carbons (Fsp3) is 0.444. The number of aromatic nitrogens is 2. The Labute approximate surface area is 147 Å². The van der Waals surface area contributed by atoms with Gasteiger partial charge in [0, 0.05) is 44.4 Å². The number of carbonyl (C=O) groups is 1. The lowest BCUT2D eigenvalue weighted by atomic mass is 9.97. The monoisotopic (exact) mass is 344 g/mol. The molecule has 2 heterocycles. The number of nitrogens with two attached hydrogens (primary N) is 1. The summed E-state index contributed by atoms with van der Waals surface area (Å²) in [4.78, 5) is 10.7. The van der Waals surface area contributed by atoms with E-state index in [1.165, 1.54) is 0 Å². The molecule has 1 fully saturated rings. The fourth-order valence-electron chi connectivity index (χ4n) is 3.06. The number of ether oxygens (including phenoxy) is 2. The van der Waals surface area contributed by atoms with Gasteiger partial charge in [0.05, 0.1) is 12.3 Å². The maximum absolute atomic E-state index is 10.7. The molecule has 0 bridgehead atoms. The Morgan fingerprint density at radius 2 is 2.24 bits per heavy atom. The average Bonchev–Trinajstić information content (AvgIpc) is 3.22. The van der Waals surface area contributed by atoms with E-state index in [0.717, 1.165) is 37.2 Å². The Balaban J connectivity index is 1.46. The number of primary amides is 1. The second-order valence-electron chi connectivity index (χ2n) is 6.32. The Morgan fingerprint density at radius 3 is 2.92 bits per heavy atom. The molecule has 0 unspecified atom stereocenters. The molecule has 3 N–H and O–H groups in total. The Morgan fingerprint density at radius 1 is 1.44 bits per heavy atom. The summed E-state index contributed by atoms with van der Waals surface area (Å²) < 4.78 is 12.9. The highest BCUT2D eigenvalue weighted by atomic mass is 16.5. The molecule has 7 nitrogen and oxygen atoms in total. The zero-order chi connectivity index (χ0) is 17.6. The van der Waals surface area contributed by atoms with Crippen molar-refractivity contribution in [1.29, 1.82) is 0 Å². The van der Waals surface area contributed by atoms with E-state index in [0.29, 0.717) is 11.7 Å². The first-order valence-electron chi connectivity index (χ1n) is 8.43. The number of hydrogen-bond donors (Lipinski definition) is 2. The number of aryl methyl sites for hydroxylation is 1. The number of amides is 1. The van der Waals surface area contributed by atoms with Gasteiger partial charge in [-0.1, -0.05) is 12.1 Å². The predicted molar refractivity (Wildman–Crippen MR) is 92.8 cm³/mol. The second kappa shape index (κ2) is 8.13. The third-order valence-electron chi connectivity index (χ3n) is 4.31.